The molecule has 0 spiro atoms. The molecule has 1 heterocycles. The molecule has 0 aliphatic rings. The number of halogens is 1. The molecule has 0 atom stereocenters. The van der Waals surface area contributed by atoms with Crippen LogP contribution in [0.15, 0.2) is 34.9 Å². The molecule has 0 fully saturated rings. The second-order valence-electron chi connectivity index (χ2n) is 4.03. The van der Waals surface area contributed by atoms with Crippen molar-refractivity contribution in [1.29, 1.82) is 0 Å². The number of aliphatic hydroxyl groups is 1. The Balaban J connectivity index is 2.26. The fraction of sp³-hybridized carbons (Fsp3) is 0.308. The van der Waals surface area contributed by atoms with E-state index >= 15 is 0 Å². The van der Waals surface area contributed by atoms with Crippen LogP contribution >= 0.6 is 15.9 Å². The van der Waals surface area contributed by atoms with Crippen molar-refractivity contribution in [1.82, 2.24) is 9.78 Å². The molecule has 0 radical (unpaired) electrons. The number of aryl methyl sites for hydroxylation is 2. The van der Waals surface area contributed by atoms with Crippen LogP contribution in [0.2, 0.25) is 0 Å². The second-order valence-corrected chi connectivity index (χ2v) is 4.89. The van der Waals surface area contributed by atoms with Crippen LogP contribution in [0, 0.1) is 6.92 Å². The van der Waals surface area contributed by atoms with Crippen molar-refractivity contribution in [2.75, 3.05) is 6.61 Å². The van der Waals surface area contributed by atoms with E-state index in [0.29, 0.717) is 0 Å². The van der Waals surface area contributed by atoms with Gasteiger partial charge in [-0.1, -0.05) is 29.8 Å². The number of aromatic nitrogens is 2. The minimum Gasteiger partial charge on any atom is -0.396 e. The number of rotatable bonds is 4. The van der Waals surface area contributed by atoms with Crippen molar-refractivity contribution in [3.8, 4) is 11.3 Å². The molecule has 0 unspecified atom stereocenters. The van der Waals surface area contributed by atoms with Crippen molar-refractivity contribution in [3.05, 3.63) is 40.5 Å². The normalized spacial score (nSPS) is 10.8. The molecule has 0 aliphatic heterocycles. The van der Waals surface area contributed by atoms with E-state index in [1.807, 2.05) is 10.9 Å². The molecule has 90 valence electrons. The number of benzene rings is 1. The molecular formula is C13H15BrN2O. The number of hydrogen-bond acceptors (Lipinski definition) is 2. The van der Waals surface area contributed by atoms with Gasteiger partial charge in [0.25, 0.3) is 0 Å². The fourth-order valence-corrected chi connectivity index (χ4v) is 2.20. The van der Waals surface area contributed by atoms with Crippen LogP contribution in [0.4, 0.5) is 0 Å². The van der Waals surface area contributed by atoms with Crippen LogP contribution in [0.25, 0.3) is 11.3 Å². The van der Waals surface area contributed by atoms with Crippen LogP contribution in [-0.2, 0) is 6.54 Å². The highest BCUT2D eigenvalue weighted by Gasteiger charge is 2.08. The van der Waals surface area contributed by atoms with Gasteiger partial charge < -0.3 is 5.11 Å². The van der Waals surface area contributed by atoms with E-state index in [9.17, 15) is 0 Å². The van der Waals surface area contributed by atoms with Crippen molar-refractivity contribution in [2.24, 2.45) is 0 Å². The third-order valence-electron chi connectivity index (χ3n) is 2.59. The van der Waals surface area contributed by atoms with Gasteiger partial charge in [0.2, 0.25) is 0 Å². The molecule has 0 amide bonds. The zero-order chi connectivity index (χ0) is 12.3. The van der Waals surface area contributed by atoms with Gasteiger partial charge in [0.1, 0.15) is 5.69 Å². The molecule has 1 aromatic heterocycles. The van der Waals surface area contributed by atoms with Crippen LogP contribution in [-0.4, -0.2) is 21.5 Å². The summed E-state index contributed by atoms with van der Waals surface area (Å²) >= 11 is 3.52. The summed E-state index contributed by atoms with van der Waals surface area (Å²) in [4.78, 5) is 0. The highest BCUT2D eigenvalue weighted by Crippen LogP contribution is 2.26. The molecule has 1 N–H and O–H groups in total. The van der Waals surface area contributed by atoms with Gasteiger partial charge in [-0.3, -0.25) is 4.68 Å². The Labute approximate surface area is 109 Å². The maximum absolute atomic E-state index is 8.80. The van der Waals surface area contributed by atoms with E-state index in [4.69, 9.17) is 5.11 Å². The van der Waals surface area contributed by atoms with Crippen LogP contribution in [0.3, 0.4) is 0 Å². The molecule has 2 rings (SSSR count). The number of hydrogen-bond donors (Lipinski definition) is 1. The monoisotopic (exact) mass is 294 g/mol. The fourth-order valence-electron chi connectivity index (χ4n) is 1.65. The van der Waals surface area contributed by atoms with E-state index in [1.165, 1.54) is 5.56 Å². The topological polar surface area (TPSA) is 38.0 Å². The van der Waals surface area contributed by atoms with E-state index in [2.05, 4.69) is 52.2 Å². The molecule has 2 aromatic rings. The lowest BCUT2D eigenvalue weighted by molar-refractivity contribution is 0.277. The van der Waals surface area contributed by atoms with Gasteiger partial charge >= 0.3 is 0 Å². The van der Waals surface area contributed by atoms with Gasteiger partial charge in [-0.05, 0) is 29.3 Å². The highest BCUT2D eigenvalue weighted by atomic mass is 79.9. The summed E-state index contributed by atoms with van der Waals surface area (Å²) in [5.41, 5.74) is 3.29. The zero-order valence-corrected chi connectivity index (χ0v) is 11.3. The Morgan fingerprint density at radius 3 is 2.65 bits per heavy atom. The summed E-state index contributed by atoms with van der Waals surface area (Å²) in [5, 5.41) is 13.3. The summed E-state index contributed by atoms with van der Waals surface area (Å²) in [7, 11) is 0. The van der Waals surface area contributed by atoms with Gasteiger partial charge in [-0.25, -0.2) is 0 Å². The molecular weight excluding hydrogens is 280 g/mol. The van der Waals surface area contributed by atoms with Crippen LogP contribution in [0.5, 0.6) is 0 Å². The summed E-state index contributed by atoms with van der Waals surface area (Å²) in [5.74, 6) is 0. The molecule has 0 aliphatic carbocycles. The highest BCUT2D eigenvalue weighted by molar-refractivity contribution is 9.10. The molecule has 4 heteroatoms. The Morgan fingerprint density at radius 1 is 1.29 bits per heavy atom. The predicted molar refractivity (Wildman–Crippen MR) is 71.8 cm³/mol. The Kier molecular flexibility index (Phi) is 3.97. The molecule has 1 aromatic carbocycles. The van der Waals surface area contributed by atoms with Gasteiger partial charge in [0.05, 0.1) is 4.47 Å². The first-order valence-electron chi connectivity index (χ1n) is 5.61. The summed E-state index contributed by atoms with van der Waals surface area (Å²) in [6.45, 7) is 3.00. The molecule has 3 nitrogen and oxygen atoms in total. The Morgan fingerprint density at radius 2 is 2.00 bits per heavy atom. The van der Waals surface area contributed by atoms with E-state index in [0.717, 1.165) is 28.7 Å². The van der Waals surface area contributed by atoms with Crippen molar-refractivity contribution >= 4 is 15.9 Å². The largest absolute Gasteiger partial charge is 0.396 e. The first kappa shape index (κ1) is 12.3. The first-order valence-corrected chi connectivity index (χ1v) is 6.41. The summed E-state index contributed by atoms with van der Waals surface area (Å²) < 4.78 is 2.84. The number of nitrogens with zero attached hydrogens (tertiary/aromatic N) is 2. The average molecular weight is 295 g/mol. The molecule has 0 saturated heterocycles. The third kappa shape index (κ3) is 2.96. The maximum Gasteiger partial charge on any atom is 0.106 e. The Bertz CT molecular complexity index is 491. The maximum atomic E-state index is 8.80. The van der Waals surface area contributed by atoms with Gasteiger partial charge in [0, 0.05) is 24.9 Å². The van der Waals surface area contributed by atoms with E-state index < -0.39 is 0 Å². The van der Waals surface area contributed by atoms with E-state index in [-0.39, 0.29) is 6.61 Å². The standard InChI is InChI=1S/C13H15BrN2O/c1-10-3-5-11(6-4-10)13-12(14)9-16(15-13)7-2-8-17/h3-6,9,17H,2,7-8H2,1H3. The average Bonchev–Trinajstić information content (AvgIpc) is 2.69. The molecule has 17 heavy (non-hydrogen) atoms. The first-order chi connectivity index (χ1) is 8.20. The number of aliphatic hydroxyl groups excluding tert-OH is 1. The minimum atomic E-state index is 0.192. The second kappa shape index (κ2) is 5.47. The van der Waals surface area contributed by atoms with Gasteiger partial charge in [-0.2, -0.15) is 5.10 Å². The van der Waals surface area contributed by atoms with Crippen LogP contribution in [0.1, 0.15) is 12.0 Å². The minimum absolute atomic E-state index is 0.192. The predicted octanol–water partition coefficient (Wildman–Crippen LogP) is 3.00. The molecule has 0 bridgehead atoms. The van der Waals surface area contributed by atoms with Gasteiger partial charge in [0.15, 0.2) is 0 Å². The SMILES string of the molecule is Cc1ccc(-c2nn(CCCO)cc2Br)cc1. The van der Waals surface area contributed by atoms with Crippen molar-refractivity contribution < 1.29 is 5.11 Å². The summed E-state index contributed by atoms with van der Waals surface area (Å²) in [6, 6.07) is 8.29. The van der Waals surface area contributed by atoms with Crippen LogP contribution < -0.4 is 0 Å². The lowest BCUT2D eigenvalue weighted by Crippen LogP contribution is -2.00. The summed E-state index contributed by atoms with van der Waals surface area (Å²) in [6.07, 6.45) is 2.67. The third-order valence-corrected chi connectivity index (χ3v) is 3.17. The zero-order valence-electron chi connectivity index (χ0n) is 9.73. The lowest BCUT2D eigenvalue weighted by atomic mass is 10.1. The lowest BCUT2D eigenvalue weighted by Gasteiger charge is -1.99. The van der Waals surface area contributed by atoms with Crippen molar-refractivity contribution in [3.63, 3.8) is 0 Å². The quantitative estimate of drug-likeness (QED) is 0.941. The van der Waals surface area contributed by atoms with Crippen molar-refractivity contribution in [2.45, 2.75) is 19.9 Å². The van der Waals surface area contributed by atoms with E-state index in [1.54, 1.807) is 0 Å². The smallest absolute Gasteiger partial charge is 0.106 e. The Hall–Kier alpha value is -1.13. The van der Waals surface area contributed by atoms with Gasteiger partial charge in [-0.15, -0.1) is 0 Å². The molecule has 0 saturated carbocycles.